The maximum atomic E-state index is 12.5. The van der Waals surface area contributed by atoms with E-state index in [0.29, 0.717) is 5.41 Å². The van der Waals surface area contributed by atoms with Crippen LogP contribution < -0.4 is 5.32 Å². The van der Waals surface area contributed by atoms with Crippen LogP contribution >= 0.6 is 0 Å². The quantitative estimate of drug-likeness (QED) is 0.890. The molecule has 0 saturated carbocycles. The van der Waals surface area contributed by atoms with Crippen LogP contribution in [0.2, 0.25) is 0 Å². The Morgan fingerprint density at radius 1 is 0.962 bits per heavy atom. The second kappa shape index (κ2) is 7.50. The number of amides is 2. The predicted molar refractivity (Wildman–Crippen MR) is 105 cm³/mol. The van der Waals surface area contributed by atoms with Gasteiger partial charge in [-0.15, -0.1) is 0 Å². The molecule has 26 heavy (non-hydrogen) atoms. The van der Waals surface area contributed by atoms with Crippen LogP contribution in [0.3, 0.4) is 0 Å². The fourth-order valence-electron chi connectivity index (χ4n) is 4.30. The first-order valence-corrected chi connectivity index (χ1v) is 9.60. The van der Waals surface area contributed by atoms with Gasteiger partial charge in [0.05, 0.1) is 0 Å². The van der Waals surface area contributed by atoms with Crippen molar-refractivity contribution in [2.24, 2.45) is 5.41 Å². The summed E-state index contributed by atoms with van der Waals surface area (Å²) in [6.45, 7) is 5.19. The Balaban J connectivity index is 1.19. The molecule has 2 aliphatic rings. The van der Waals surface area contributed by atoms with E-state index in [2.05, 4.69) is 40.5 Å². The van der Waals surface area contributed by atoms with Gasteiger partial charge < -0.3 is 15.1 Å². The van der Waals surface area contributed by atoms with Crippen molar-refractivity contribution >= 4 is 11.7 Å². The molecule has 2 saturated heterocycles. The number of hydrogen-bond donors (Lipinski definition) is 1. The molecular formula is C22H27N3O. The lowest BCUT2D eigenvalue weighted by molar-refractivity contribution is 0.0108. The van der Waals surface area contributed by atoms with Crippen LogP contribution in [0.4, 0.5) is 10.5 Å². The number of aryl methyl sites for hydroxylation is 1. The molecule has 2 aliphatic heterocycles. The van der Waals surface area contributed by atoms with E-state index < -0.39 is 0 Å². The third-order valence-corrected chi connectivity index (χ3v) is 5.65. The van der Waals surface area contributed by atoms with E-state index in [-0.39, 0.29) is 6.03 Å². The number of carbonyl (C=O) groups is 1. The summed E-state index contributed by atoms with van der Waals surface area (Å²) in [5, 5.41) is 3.01. The maximum Gasteiger partial charge on any atom is 0.321 e. The Morgan fingerprint density at radius 2 is 1.65 bits per heavy atom. The molecule has 2 amide bonds. The third-order valence-electron chi connectivity index (χ3n) is 5.65. The zero-order valence-corrected chi connectivity index (χ0v) is 15.2. The summed E-state index contributed by atoms with van der Waals surface area (Å²) in [6, 6.07) is 20.5. The average Bonchev–Trinajstić information content (AvgIpc) is 3.09. The molecule has 0 bridgehead atoms. The molecule has 0 radical (unpaired) electrons. The summed E-state index contributed by atoms with van der Waals surface area (Å²) in [6.07, 6.45) is 3.48. The van der Waals surface area contributed by atoms with E-state index in [1.54, 1.807) is 0 Å². The zero-order valence-electron chi connectivity index (χ0n) is 15.2. The van der Waals surface area contributed by atoms with Gasteiger partial charge in [0.2, 0.25) is 0 Å². The summed E-state index contributed by atoms with van der Waals surface area (Å²) < 4.78 is 0. The first-order valence-electron chi connectivity index (χ1n) is 9.60. The Morgan fingerprint density at radius 3 is 2.38 bits per heavy atom. The van der Waals surface area contributed by atoms with Crippen LogP contribution in [0.1, 0.15) is 18.4 Å². The zero-order chi connectivity index (χ0) is 17.8. The number of nitrogens with zero attached hydrogens (tertiary/aromatic N) is 2. The number of likely N-dealkylation sites (tertiary alicyclic amines) is 2. The van der Waals surface area contributed by atoms with Gasteiger partial charge in [0.25, 0.3) is 0 Å². The number of hydrogen-bond acceptors (Lipinski definition) is 2. The van der Waals surface area contributed by atoms with Gasteiger partial charge in [-0.1, -0.05) is 48.5 Å². The summed E-state index contributed by atoms with van der Waals surface area (Å²) in [4.78, 5) is 17.0. The van der Waals surface area contributed by atoms with Crippen molar-refractivity contribution in [2.45, 2.75) is 19.3 Å². The Labute approximate surface area is 155 Å². The van der Waals surface area contributed by atoms with Gasteiger partial charge >= 0.3 is 6.03 Å². The fraction of sp³-hybridized carbons (Fsp3) is 0.409. The molecule has 4 heteroatoms. The Hall–Kier alpha value is -2.33. The van der Waals surface area contributed by atoms with Gasteiger partial charge in [0, 0.05) is 37.3 Å². The van der Waals surface area contributed by atoms with E-state index in [0.717, 1.165) is 51.3 Å². The third kappa shape index (κ3) is 3.91. The molecule has 0 unspecified atom stereocenters. The molecule has 2 fully saturated rings. The number of benzene rings is 2. The maximum absolute atomic E-state index is 12.5. The number of anilines is 1. The topological polar surface area (TPSA) is 35.6 Å². The molecule has 1 N–H and O–H groups in total. The molecule has 136 valence electrons. The second-order valence-electron chi connectivity index (χ2n) is 7.77. The van der Waals surface area contributed by atoms with Gasteiger partial charge in [-0.05, 0) is 43.5 Å². The van der Waals surface area contributed by atoms with Gasteiger partial charge in [-0.3, -0.25) is 0 Å². The van der Waals surface area contributed by atoms with Gasteiger partial charge in [-0.2, -0.15) is 0 Å². The highest BCUT2D eigenvalue weighted by Crippen LogP contribution is 2.39. The van der Waals surface area contributed by atoms with Crippen molar-refractivity contribution in [1.29, 1.82) is 0 Å². The van der Waals surface area contributed by atoms with E-state index >= 15 is 0 Å². The van der Waals surface area contributed by atoms with Crippen molar-refractivity contribution in [3.8, 4) is 0 Å². The lowest BCUT2D eigenvalue weighted by Gasteiger charge is -2.48. The normalized spacial score (nSPS) is 18.7. The minimum Gasteiger partial charge on any atom is -0.324 e. The lowest BCUT2D eigenvalue weighted by atomic mass is 9.79. The van der Waals surface area contributed by atoms with Crippen LogP contribution in [0.5, 0.6) is 0 Å². The molecule has 4 rings (SSSR count). The van der Waals surface area contributed by atoms with Gasteiger partial charge in [0.1, 0.15) is 0 Å². The van der Waals surface area contributed by atoms with Crippen molar-refractivity contribution in [3.63, 3.8) is 0 Å². The molecule has 4 nitrogen and oxygen atoms in total. The summed E-state index contributed by atoms with van der Waals surface area (Å²) in [7, 11) is 0. The van der Waals surface area contributed by atoms with Crippen molar-refractivity contribution < 1.29 is 4.79 Å². The smallest absolute Gasteiger partial charge is 0.321 e. The van der Waals surface area contributed by atoms with Crippen LogP contribution in [0, 0.1) is 5.41 Å². The Kier molecular flexibility index (Phi) is 4.93. The monoisotopic (exact) mass is 349 g/mol. The number of rotatable bonds is 5. The SMILES string of the molecule is O=C(Nc1ccccc1)N1CCC2(CN(CCCc3ccccc3)C2)C1. The predicted octanol–water partition coefficient (Wildman–Crippen LogP) is 3.86. The van der Waals surface area contributed by atoms with Crippen LogP contribution in [-0.2, 0) is 6.42 Å². The summed E-state index contributed by atoms with van der Waals surface area (Å²) in [5.74, 6) is 0. The van der Waals surface area contributed by atoms with Crippen molar-refractivity contribution in [3.05, 3.63) is 66.2 Å². The van der Waals surface area contributed by atoms with Crippen LogP contribution in [-0.4, -0.2) is 48.6 Å². The molecule has 1 spiro atoms. The molecule has 0 aromatic heterocycles. The lowest BCUT2D eigenvalue weighted by Crippen LogP contribution is -2.57. The van der Waals surface area contributed by atoms with Crippen LogP contribution in [0.25, 0.3) is 0 Å². The van der Waals surface area contributed by atoms with Gasteiger partial charge in [-0.25, -0.2) is 4.79 Å². The van der Waals surface area contributed by atoms with E-state index in [9.17, 15) is 4.79 Å². The molecule has 0 aliphatic carbocycles. The van der Waals surface area contributed by atoms with E-state index in [1.807, 2.05) is 35.2 Å². The second-order valence-corrected chi connectivity index (χ2v) is 7.77. The minimum absolute atomic E-state index is 0.0376. The minimum atomic E-state index is 0.0376. The number of urea groups is 1. The highest BCUT2D eigenvalue weighted by atomic mass is 16.2. The molecule has 2 aromatic carbocycles. The largest absolute Gasteiger partial charge is 0.324 e. The first kappa shape index (κ1) is 17.1. The summed E-state index contributed by atoms with van der Waals surface area (Å²) in [5.41, 5.74) is 2.63. The van der Waals surface area contributed by atoms with E-state index in [4.69, 9.17) is 0 Å². The van der Waals surface area contributed by atoms with Crippen molar-refractivity contribution in [2.75, 3.05) is 38.0 Å². The number of carbonyl (C=O) groups excluding carboxylic acids is 1. The molecule has 2 aromatic rings. The number of para-hydroxylation sites is 1. The van der Waals surface area contributed by atoms with E-state index in [1.165, 1.54) is 12.0 Å². The van der Waals surface area contributed by atoms with Gasteiger partial charge in [0.15, 0.2) is 0 Å². The Bertz CT molecular complexity index is 726. The van der Waals surface area contributed by atoms with Crippen molar-refractivity contribution in [1.82, 2.24) is 9.80 Å². The standard InChI is InChI=1S/C22H27N3O/c26-21(23-20-11-5-2-6-12-20)25-15-13-22(18-25)16-24(17-22)14-7-10-19-8-3-1-4-9-19/h1-6,8-9,11-12H,7,10,13-18H2,(H,23,26). The fourth-order valence-corrected chi connectivity index (χ4v) is 4.30. The average molecular weight is 349 g/mol. The summed E-state index contributed by atoms with van der Waals surface area (Å²) >= 11 is 0. The first-order chi connectivity index (χ1) is 12.7. The molecular weight excluding hydrogens is 322 g/mol. The number of nitrogens with one attached hydrogen (secondary N) is 1. The molecule has 0 atom stereocenters. The highest BCUT2D eigenvalue weighted by molar-refractivity contribution is 5.89. The highest BCUT2D eigenvalue weighted by Gasteiger charge is 2.48. The van der Waals surface area contributed by atoms with Crippen LogP contribution in [0.15, 0.2) is 60.7 Å². The molecule has 2 heterocycles.